The van der Waals surface area contributed by atoms with Crippen molar-refractivity contribution in [2.24, 2.45) is 0 Å². The quantitative estimate of drug-likeness (QED) is 0.122. The molecule has 0 aliphatic rings. The molecule has 0 saturated heterocycles. The van der Waals surface area contributed by atoms with Gasteiger partial charge in [0.1, 0.15) is 22.5 Å². The Hall–Kier alpha value is -6.90. The molecule has 61 heavy (non-hydrogen) atoms. The minimum Gasteiger partial charge on any atom is -0.460 e. The van der Waals surface area contributed by atoms with E-state index in [1.54, 1.807) is 0 Å². The summed E-state index contributed by atoms with van der Waals surface area (Å²) in [6.07, 6.45) is 3.08. The molecule has 0 spiro atoms. The van der Waals surface area contributed by atoms with E-state index in [2.05, 4.69) is 203 Å². The molecule has 2 heteroatoms. The molecule has 0 saturated carbocycles. The summed E-state index contributed by atoms with van der Waals surface area (Å²) in [5.41, 5.74) is 14.3. The lowest BCUT2D eigenvalue weighted by Crippen LogP contribution is -2.12. The topological polar surface area (TPSA) is 26.3 Å². The van der Waals surface area contributed by atoms with Gasteiger partial charge in [0.15, 0.2) is 0 Å². The third-order valence-corrected chi connectivity index (χ3v) is 13.4. The molecule has 9 aromatic carbocycles. The molecule has 0 fully saturated rings. The SMILES string of the molecule is CCCC(c1cccc(-c2ccccc2)c1)c1oc2ccccc2c1C(CC)C(C)c1cccc(-c2cccc(-c3ccc4c(c3)c3cccc5oc6cccc4c6c53)c2)c1. The first-order chi connectivity index (χ1) is 30.1. The van der Waals surface area contributed by atoms with Crippen molar-refractivity contribution in [3.05, 3.63) is 204 Å². The number of hydrogen-bond acceptors (Lipinski definition) is 2. The fourth-order valence-electron chi connectivity index (χ4n) is 10.4. The van der Waals surface area contributed by atoms with Crippen LogP contribution in [0.4, 0.5) is 0 Å². The number of benzene rings is 9. The summed E-state index contributed by atoms with van der Waals surface area (Å²) in [5.74, 6) is 1.79. The van der Waals surface area contributed by atoms with Crippen LogP contribution in [-0.2, 0) is 0 Å². The molecule has 0 amide bonds. The van der Waals surface area contributed by atoms with Crippen molar-refractivity contribution in [2.45, 2.75) is 57.8 Å². The maximum Gasteiger partial charge on any atom is 0.136 e. The van der Waals surface area contributed by atoms with Crippen molar-refractivity contribution in [1.29, 1.82) is 0 Å². The molecule has 3 unspecified atom stereocenters. The lowest BCUT2D eigenvalue weighted by Gasteiger charge is -2.27. The van der Waals surface area contributed by atoms with Crippen LogP contribution in [-0.4, -0.2) is 0 Å². The van der Waals surface area contributed by atoms with E-state index in [0.29, 0.717) is 0 Å². The highest BCUT2D eigenvalue weighted by Crippen LogP contribution is 2.48. The lowest BCUT2D eigenvalue weighted by atomic mass is 9.76. The first-order valence-electron chi connectivity index (χ1n) is 22.0. The maximum absolute atomic E-state index is 7.00. The molecule has 11 rings (SSSR count). The van der Waals surface area contributed by atoms with E-state index >= 15 is 0 Å². The number of fused-ring (bicyclic) bond motifs is 4. The van der Waals surface area contributed by atoms with E-state index in [-0.39, 0.29) is 17.8 Å². The van der Waals surface area contributed by atoms with Gasteiger partial charge >= 0.3 is 0 Å². The second-order valence-corrected chi connectivity index (χ2v) is 16.9. The largest absolute Gasteiger partial charge is 0.460 e. The van der Waals surface area contributed by atoms with Crippen molar-refractivity contribution < 1.29 is 8.83 Å². The van der Waals surface area contributed by atoms with E-state index in [0.717, 1.165) is 41.8 Å². The van der Waals surface area contributed by atoms with Gasteiger partial charge in [-0.15, -0.1) is 0 Å². The summed E-state index contributed by atoms with van der Waals surface area (Å²) in [7, 11) is 0. The number of rotatable bonds is 11. The van der Waals surface area contributed by atoms with Crippen LogP contribution in [0.3, 0.4) is 0 Å². The molecular weight excluding hydrogens is 741 g/mol. The average Bonchev–Trinajstić information content (AvgIpc) is 3.90. The Bertz CT molecular complexity index is 3340. The van der Waals surface area contributed by atoms with E-state index in [1.807, 2.05) is 0 Å². The monoisotopic (exact) mass is 788 g/mol. The van der Waals surface area contributed by atoms with Gasteiger partial charge in [0, 0.05) is 27.6 Å². The molecule has 296 valence electrons. The normalized spacial score (nSPS) is 13.5. The van der Waals surface area contributed by atoms with Crippen molar-refractivity contribution in [3.63, 3.8) is 0 Å². The van der Waals surface area contributed by atoms with Gasteiger partial charge in [-0.2, -0.15) is 0 Å². The third-order valence-electron chi connectivity index (χ3n) is 13.4. The molecule has 0 radical (unpaired) electrons. The molecule has 3 atom stereocenters. The molecular formula is C59H48O2. The summed E-state index contributed by atoms with van der Waals surface area (Å²) < 4.78 is 13.3. The van der Waals surface area contributed by atoms with Crippen LogP contribution in [0.2, 0.25) is 0 Å². The van der Waals surface area contributed by atoms with Gasteiger partial charge in [-0.25, -0.2) is 0 Å². The van der Waals surface area contributed by atoms with Crippen molar-refractivity contribution in [3.8, 4) is 33.4 Å². The fourth-order valence-corrected chi connectivity index (χ4v) is 10.4. The van der Waals surface area contributed by atoms with Crippen LogP contribution in [0, 0.1) is 0 Å². The van der Waals surface area contributed by atoms with Crippen LogP contribution >= 0.6 is 0 Å². The van der Waals surface area contributed by atoms with Gasteiger partial charge in [-0.1, -0.05) is 179 Å². The van der Waals surface area contributed by atoms with Crippen molar-refractivity contribution in [1.82, 2.24) is 0 Å². The van der Waals surface area contributed by atoms with Gasteiger partial charge in [-0.3, -0.25) is 0 Å². The second-order valence-electron chi connectivity index (χ2n) is 16.9. The van der Waals surface area contributed by atoms with Crippen LogP contribution in [0.1, 0.15) is 80.2 Å². The highest BCUT2D eigenvalue weighted by atomic mass is 16.3. The first-order valence-corrected chi connectivity index (χ1v) is 22.0. The van der Waals surface area contributed by atoms with Gasteiger partial charge in [-0.05, 0) is 121 Å². The van der Waals surface area contributed by atoms with Crippen LogP contribution in [0.25, 0.3) is 87.8 Å². The number of furan rings is 2. The Morgan fingerprint density at radius 2 is 0.951 bits per heavy atom. The minimum absolute atomic E-state index is 0.151. The van der Waals surface area contributed by atoms with Crippen LogP contribution < -0.4 is 0 Å². The summed E-state index contributed by atoms with van der Waals surface area (Å²) >= 11 is 0. The predicted octanol–water partition coefficient (Wildman–Crippen LogP) is 17.3. The molecule has 2 heterocycles. The zero-order valence-electron chi connectivity index (χ0n) is 35.0. The van der Waals surface area contributed by atoms with Crippen LogP contribution in [0.5, 0.6) is 0 Å². The Kier molecular flexibility index (Phi) is 9.30. The smallest absolute Gasteiger partial charge is 0.136 e. The fraction of sp³-hybridized carbons (Fsp3) is 0.153. The number of para-hydroxylation sites is 1. The Morgan fingerprint density at radius 1 is 0.410 bits per heavy atom. The Labute approximate surface area is 357 Å². The summed E-state index contributed by atoms with van der Waals surface area (Å²) in [6.45, 7) is 7.05. The highest BCUT2D eigenvalue weighted by Gasteiger charge is 2.31. The Morgan fingerprint density at radius 3 is 1.67 bits per heavy atom. The van der Waals surface area contributed by atoms with Crippen molar-refractivity contribution in [2.75, 3.05) is 0 Å². The zero-order chi connectivity index (χ0) is 41.0. The molecule has 2 nitrogen and oxygen atoms in total. The predicted molar refractivity (Wildman–Crippen MR) is 257 cm³/mol. The first kappa shape index (κ1) is 37.1. The van der Waals surface area contributed by atoms with Gasteiger partial charge in [0.25, 0.3) is 0 Å². The number of hydrogen-bond donors (Lipinski definition) is 0. The van der Waals surface area contributed by atoms with Crippen molar-refractivity contribution >= 4 is 54.5 Å². The molecule has 2 aromatic heterocycles. The summed E-state index contributed by atoms with van der Waals surface area (Å²) in [6, 6.07) is 66.7. The molecule has 0 N–H and O–H groups in total. The third kappa shape index (κ3) is 6.32. The van der Waals surface area contributed by atoms with Gasteiger partial charge < -0.3 is 8.83 Å². The minimum atomic E-state index is 0.151. The highest BCUT2D eigenvalue weighted by molar-refractivity contribution is 6.33. The van der Waals surface area contributed by atoms with Crippen LogP contribution in [0.15, 0.2) is 191 Å². The van der Waals surface area contributed by atoms with E-state index in [4.69, 9.17) is 8.83 Å². The van der Waals surface area contributed by atoms with Gasteiger partial charge in [0.2, 0.25) is 0 Å². The second kappa shape index (κ2) is 15.3. The maximum atomic E-state index is 7.00. The van der Waals surface area contributed by atoms with Gasteiger partial charge in [0.05, 0.1) is 0 Å². The van der Waals surface area contributed by atoms with E-state index in [1.165, 1.54) is 87.8 Å². The molecule has 0 aliphatic carbocycles. The molecule has 0 bridgehead atoms. The lowest BCUT2D eigenvalue weighted by molar-refractivity contribution is 0.473. The summed E-state index contributed by atoms with van der Waals surface area (Å²) in [5, 5.41) is 8.68. The Balaban J connectivity index is 0.960. The zero-order valence-corrected chi connectivity index (χ0v) is 35.0. The average molecular weight is 789 g/mol. The summed E-state index contributed by atoms with van der Waals surface area (Å²) in [4.78, 5) is 0. The van der Waals surface area contributed by atoms with E-state index in [9.17, 15) is 0 Å². The standard InChI is InChI=1S/C59H48O2/c1-4-16-47(45-24-13-20-40(35-45)38-17-7-6-8-18-38)59-56(51-25-9-10-28-53(51)61-59)46(5-2)37(3)39-19-11-21-41(33-39)42-22-12-23-43(34-42)44-31-32-48-49-26-14-29-54-57(49)58-50(52(48)36-44)27-15-30-55(58)60-54/h6-15,17-37,46-47H,4-5,16H2,1-3H3. The molecule has 0 aliphatic heterocycles. The molecule has 11 aromatic rings. The van der Waals surface area contributed by atoms with E-state index < -0.39 is 0 Å².